The van der Waals surface area contributed by atoms with Crippen LogP contribution >= 0.6 is 0 Å². The van der Waals surface area contributed by atoms with E-state index in [1.807, 2.05) is 13.8 Å². The lowest BCUT2D eigenvalue weighted by Crippen LogP contribution is -2.35. The van der Waals surface area contributed by atoms with Crippen molar-refractivity contribution in [3.63, 3.8) is 0 Å². The van der Waals surface area contributed by atoms with Crippen molar-refractivity contribution in [2.24, 2.45) is 0 Å². The smallest absolute Gasteiger partial charge is 0.335 e. The molecule has 0 aliphatic heterocycles. The second kappa shape index (κ2) is 6.72. The number of carbonyl (C=O) groups excluding carboxylic acids is 1. The summed E-state index contributed by atoms with van der Waals surface area (Å²) < 4.78 is 13.5. The molecule has 0 radical (unpaired) electrons. The molecule has 0 aliphatic carbocycles. The minimum absolute atomic E-state index is 0.0739. The monoisotopic (exact) mass is 268 g/mol. The van der Waals surface area contributed by atoms with Gasteiger partial charge in [-0.05, 0) is 31.5 Å². The summed E-state index contributed by atoms with van der Waals surface area (Å²) in [6, 6.07) is 2.84. The lowest BCUT2D eigenvalue weighted by Gasteiger charge is -2.20. The lowest BCUT2D eigenvalue weighted by molar-refractivity contribution is 0.0697. The molecule has 1 aromatic rings. The highest BCUT2D eigenvalue weighted by atomic mass is 19.1. The molecule has 0 spiro atoms. The Balaban J connectivity index is 2.89. The molecular weight excluding hydrogens is 251 g/mol. The molecule has 0 unspecified atom stereocenters. The van der Waals surface area contributed by atoms with Gasteiger partial charge in [-0.15, -0.1) is 0 Å². The maximum absolute atomic E-state index is 13.5. The number of rotatable bonds is 5. The minimum Gasteiger partial charge on any atom is -0.478 e. The van der Waals surface area contributed by atoms with Gasteiger partial charge in [-0.1, -0.05) is 6.92 Å². The average molecular weight is 268 g/mol. The van der Waals surface area contributed by atoms with E-state index in [9.17, 15) is 14.0 Å². The topological polar surface area (TPSA) is 69.6 Å². The summed E-state index contributed by atoms with van der Waals surface area (Å²) in [4.78, 5) is 24.2. The Morgan fingerprint density at radius 2 is 2.05 bits per heavy atom. The number of hydrogen-bond acceptors (Lipinski definition) is 2. The molecule has 0 saturated carbocycles. The molecule has 0 atom stereocenters. The van der Waals surface area contributed by atoms with Crippen LogP contribution in [0.3, 0.4) is 0 Å². The van der Waals surface area contributed by atoms with Crippen LogP contribution < -0.4 is 5.32 Å². The largest absolute Gasteiger partial charge is 0.478 e. The fourth-order valence-corrected chi connectivity index (χ4v) is 1.62. The van der Waals surface area contributed by atoms with E-state index in [1.165, 1.54) is 4.90 Å². The molecule has 0 aliphatic rings. The Labute approximate surface area is 111 Å². The summed E-state index contributed by atoms with van der Waals surface area (Å²) in [5.41, 5.74) is -0.199. The summed E-state index contributed by atoms with van der Waals surface area (Å²) in [5, 5.41) is 11.2. The Hall–Kier alpha value is -2.11. The van der Waals surface area contributed by atoms with Crippen LogP contribution in [-0.2, 0) is 0 Å². The number of carboxylic acids is 1. The number of anilines is 1. The molecule has 0 heterocycles. The number of amides is 2. The van der Waals surface area contributed by atoms with Crippen molar-refractivity contribution in [3.8, 4) is 0 Å². The molecule has 2 amide bonds. The van der Waals surface area contributed by atoms with E-state index in [4.69, 9.17) is 5.11 Å². The number of nitrogens with one attached hydrogen (secondary N) is 1. The van der Waals surface area contributed by atoms with Crippen LogP contribution in [0.15, 0.2) is 18.2 Å². The van der Waals surface area contributed by atoms with Gasteiger partial charge in [-0.3, -0.25) is 0 Å². The molecule has 1 rings (SSSR count). The van der Waals surface area contributed by atoms with Gasteiger partial charge in [0.1, 0.15) is 5.82 Å². The first-order valence-electron chi connectivity index (χ1n) is 6.08. The SMILES string of the molecule is CCCN(CC)C(=O)Nc1cc(C(=O)O)ccc1F. The van der Waals surface area contributed by atoms with Crippen molar-refractivity contribution in [1.29, 1.82) is 0 Å². The first-order chi connectivity index (χ1) is 8.99. The lowest BCUT2D eigenvalue weighted by atomic mass is 10.2. The maximum Gasteiger partial charge on any atom is 0.335 e. The number of urea groups is 1. The molecule has 19 heavy (non-hydrogen) atoms. The van der Waals surface area contributed by atoms with Crippen LogP contribution in [0.2, 0.25) is 0 Å². The average Bonchev–Trinajstić information content (AvgIpc) is 2.38. The van der Waals surface area contributed by atoms with Gasteiger partial charge in [0.25, 0.3) is 0 Å². The number of benzene rings is 1. The number of halogens is 1. The highest BCUT2D eigenvalue weighted by Crippen LogP contribution is 2.17. The van der Waals surface area contributed by atoms with Gasteiger partial charge in [-0.25, -0.2) is 14.0 Å². The summed E-state index contributed by atoms with van der Waals surface area (Å²) in [5.74, 6) is -1.83. The van der Waals surface area contributed by atoms with Crippen LogP contribution in [0.4, 0.5) is 14.9 Å². The Kier molecular flexibility index (Phi) is 5.29. The van der Waals surface area contributed by atoms with Crippen LogP contribution in [0.5, 0.6) is 0 Å². The molecule has 1 aromatic carbocycles. The second-order valence-electron chi connectivity index (χ2n) is 4.01. The van der Waals surface area contributed by atoms with Gasteiger partial charge < -0.3 is 15.3 Å². The Bertz CT molecular complexity index is 477. The number of carboxylic acid groups (broad SMARTS) is 1. The third-order valence-electron chi connectivity index (χ3n) is 2.62. The van der Waals surface area contributed by atoms with Gasteiger partial charge in [0, 0.05) is 13.1 Å². The van der Waals surface area contributed by atoms with Crippen LogP contribution in [-0.4, -0.2) is 35.1 Å². The van der Waals surface area contributed by atoms with Crippen molar-refractivity contribution in [1.82, 2.24) is 4.90 Å². The van der Waals surface area contributed by atoms with E-state index >= 15 is 0 Å². The molecule has 0 saturated heterocycles. The van der Waals surface area contributed by atoms with Gasteiger partial charge >= 0.3 is 12.0 Å². The van der Waals surface area contributed by atoms with E-state index in [2.05, 4.69) is 5.32 Å². The highest BCUT2D eigenvalue weighted by Gasteiger charge is 2.14. The van der Waals surface area contributed by atoms with Gasteiger partial charge in [0.15, 0.2) is 0 Å². The number of hydrogen-bond donors (Lipinski definition) is 2. The second-order valence-corrected chi connectivity index (χ2v) is 4.01. The standard InChI is InChI=1S/C13H17FN2O3/c1-3-7-16(4-2)13(19)15-11-8-9(12(17)18)5-6-10(11)14/h5-6,8H,3-4,7H2,1-2H3,(H,15,19)(H,17,18). The third-order valence-corrected chi connectivity index (χ3v) is 2.62. The fourth-order valence-electron chi connectivity index (χ4n) is 1.62. The molecule has 0 bridgehead atoms. The molecule has 2 N–H and O–H groups in total. The van der Waals surface area contributed by atoms with E-state index in [1.54, 1.807) is 0 Å². The zero-order valence-electron chi connectivity index (χ0n) is 10.9. The molecular formula is C13H17FN2O3. The van der Waals surface area contributed by atoms with Crippen molar-refractivity contribution < 1.29 is 19.1 Å². The Morgan fingerprint density at radius 1 is 1.37 bits per heavy atom. The van der Waals surface area contributed by atoms with Crippen LogP contribution in [0, 0.1) is 5.82 Å². The summed E-state index contributed by atoms with van der Waals surface area (Å²) >= 11 is 0. The number of carbonyl (C=O) groups is 2. The van der Waals surface area contributed by atoms with Crippen molar-refractivity contribution >= 4 is 17.7 Å². The van der Waals surface area contributed by atoms with Crippen LogP contribution in [0.1, 0.15) is 30.6 Å². The van der Waals surface area contributed by atoms with E-state index < -0.39 is 17.8 Å². The zero-order valence-corrected chi connectivity index (χ0v) is 10.9. The van der Waals surface area contributed by atoms with Crippen molar-refractivity contribution in [3.05, 3.63) is 29.6 Å². The zero-order chi connectivity index (χ0) is 14.4. The highest BCUT2D eigenvalue weighted by molar-refractivity contribution is 5.93. The Morgan fingerprint density at radius 3 is 2.58 bits per heavy atom. The molecule has 5 nitrogen and oxygen atoms in total. The molecule has 0 aromatic heterocycles. The van der Waals surface area contributed by atoms with Gasteiger partial charge in [0.05, 0.1) is 11.3 Å². The van der Waals surface area contributed by atoms with E-state index in [0.29, 0.717) is 13.1 Å². The first kappa shape index (κ1) is 14.9. The molecule has 6 heteroatoms. The van der Waals surface area contributed by atoms with E-state index in [-0.39, 0.29) is 11.3 Å². The van der Waals surface area contributed by atoms with Crippen molar-refractivity contribution in [2.45, 2.75) is 20.3 Å². The van der Waals surface area contributed by atoms with Gasteiger partial charge in [0.2, 0.25) is 0 Å². The maximum atomic E-state index is 13.5. The predicted octanol–water partition coefficient (Wildman–Crippen LogP) is 2.79. The molecule has 104 valence electrons. The summed E-state index contributed by atoms with van der Waals surface area (Å²) in [7, 11) is 0. The van der Waals surface area contributed by atoms with E-state index in [0.717, 1.165) is 24.6 Å². The quantitative estimate of drug-likeness (QED) is 0.862. The van der Waals surface area contributed by atoms with Gasteiger partial charge in [-0.2, -0.15) is 0 Å². The van der Waals surface area contributed by atoms with Crippen molar-refractivity contribution in [2.75, 3.05) is 18.4 Å². The number of nitrogens with zero attached hydrogens (tertiary/aromatic N) is 1. The fraction of sp³-hybridized carbons (Fsp3) is 0.385. The summed E-state index contributed by atoms with van der Waals surface area (Å²) in [6.07, 6.45) is 0.791. The van der Waals surface area contributed by atoms with Crippen LogP contribution in [0.25, 0.3) is 0 Å². The minimum atomic E-state index is -1.17. The predicted molar refractivity (Wildman–Crippen MR) is 69.9 cm³/mol. The third kappa shape index (κ3) is 3.94. The first-order valence-corrected chi connectivity index (χ1v) is 6.08. The normalized spacial score (nSPS) is 10.1. The molecule has 0 fully saturated rings. The number of aromatic carboxylic acids is 1. The summed E-state index contributed by atoms with van der Waals surface area (Å²) in [6.45, 7) is 4.81.